The van der Waals surface area contributed by atoms with Gasteiger partial charge >= 0.3 is 6.03 Å². The molecule has 8 nitrogen and oxygen atoms in total. The standard InChI is InChI=1S/C24H26FN5O3/c1-16-14-33-15-17(2)29(16)23(31)13-27-10-11-28(24(27)32)20-8-5-9-21-18(20)12-26-30(21)22-7-4-3-6-19(22)25/h3-9,12,16-17H,10-11,13-15H2,1-2H3. The van der Waals surface area contributed by atoms with Gasteiger partial charge < -0.3 is 14.5 Å². The largest absolute Gasteiger partial charge is 0.377 e. The molecule has 3 amide bonds. The summed E-state index contributed by atoms with van der Waals surface area (Å²) in [4.78, 5) is 31.3. The number of hydrogen-bond acceptors (Lipinski definition) is 4. The molecule has 3 aromatic rings. The number of amides is 3. The van der Waals surface area contributed by atoms with Crippen molar-refractivity contribution in [2.75, 3.05) is 37.7 Å². The molecule has 2 saturated heterocycles. The monoisotopic (exact) mass is 451 g/mol. The van der Waals surface area contributed by atoms with Crippen molar-refractivity contribution in [3.05, 3.63) is 54.5 Å². The molecule has 2 aromatic carbocycles. The number of nitrogens with zero attached hydrogens (tertiary/aromatic N) is 5. The molecule has 2 aliphatic heterocycles. The number of para-hydroxylation sites is 1. The van der Waals surface area contributed by atoms with Crippen molar-refractivity contribution in [2.45, 2.75) is 25.9 Å². The fourth-order valence-electron chi connectivity index (χ4n) is 4.78. The van der Waals surface area contributed by atoms with Crippen molar-refractivity contribution >= 4 is 28.5 Å². The van der Waals surface area contributed by atoms with E-state index in [1.54, 1.807) is 34.2 Å². The maximum atomic E-state index is 14.3. The predicted molar refractivity (Wildman–Crippen MR) is 122 cm³/mol. The van der Waals surface area contributed by atoms with Crippen LogP contribution in [0.4, 0.5) is 14.9 Å². The van der Waals surface area contributed by atoms with E-state index in [4.69, 9.17) is 4.74 Å². The number of rotatable bonds is 4. The van der Waals surface area contributed by atoms with Crippen molar-refractivity contribution in [2.24, 2.45) is 0 Å². The summed E-state index contributed by atoms with van der Waals surface area (Å²) in [6.07, 6.45) is 1.65. The van der Waals surface area contributed by atoms with Crippen LogP contribution in [0.1, 0.15) is 13.8 Å². The Hall–Kier alpha value is -3.46. The van der Waals surface area contributed by atoms with E-state index in [0.717, 1.165) is 5.39 Å². The van der Waals surface area contributed by atoms with E-state index in [1.807, 2.05) is 36.9 Å². The topological polar surface area (TPSA) is 70.9 Å². The van der Waals surface area contributed by atoms with Gasteiger partial charge in [0.2, 0.25) is 5.91 Å². The third-order valence-corrected chi connectivity index (χ3v) is 6.34. The molecule has 5 rings (SSSR count). The molecule has 2 aliphatic rings. The first-order valence-electron chi connectivity index (χ1n) is 11.1. The molecule has 2 fully saturated rings. The molecule has 2 atom stereocenters. The summed E-state index contributed by atoms with van der Waals surface area (Å²) in [6.45, 7) is 5.88. The molecule has 0 radical (unpaired) electrons. The minimum Gasteiger partial charge on any atom is -0.377 e. The molecule has 0 bridgehead atoms. The second-order valence-corrected chi connectivity index (χ2v) is 8.61. The summed E-state index contributed by atoms with van der Waals surface area (Å²) in [5, 5.41) is 5.13. The Bertz CT molecular complexity index is 1200. The summed E-state index contributed by atoms with van der Waals surface area (Å²) in [5.41, 5.74) is 1.75. The van der Waals surface area contributed by atoms with Crippen LogP contribution in [-0.4, -0.2) is 76.5 Å². The molecule has 2 unspecified atom stereocenters. The maximum absolute atomic E-state index is 14.3. The quantitative estimate of drug-likeness (QED) is 0.611. The summed E-state index contributed by atoms with van der Waals surface area (Å²) in [5.74, 6) is -0.444. The second-order valence-electron chi connectivity index (χ2n) is 8.61. The number of halogens is 1. The Balaban J connectivity index is 1.39. The molecule has 0 aliphatic carbocycles. The number of urea groups is 1. The Morgan fingerprint density at radius 3 is 2.55 bits per heavy atom. The number of ether oxygens (including phenoxy) is 1. The highest BCUT2D eigenvalue weighted by atomic mass is 19.1. The first-order valence-corrected chi connectivity index (χ1v) is 11.1. The van der Waals surface area contributed by atoms with E-state index in [1.165, 1.54) is 10.7 Å². The third kappa shape index (κ3) is 3.72. The van der Waals surface area contributed by atoms with Gasteiger partial charge in [-0.3, -0.25) is 9.69 Å². The van der Waals surface area contributed by atoms with Crippen molar-refractivity contribution in [3.63, 3.8) is 0 Å². The molecule has 9 heteroatoms. The highest BCUT2D eigenvalue weighted by Crippen LogP contribution is 2.31. The Labute approximate surface area is 191 Å². The fourth-order valence-corrected chi connectivity index (χ4v) is 4.78. The van der Waals surface area contributed by atoms with Crippen molar-refractivity contribution in [1.82, 2.24) is 19.6 Å². The average molecular weight is 452 g/mol. The normalized spacial score (nSPS) is 21.3. The maximum Gasteiger partial charge on any atom is 0.325 e. The van der Waals surface area contributed by atoms with Gasteiger partial charge in [-0.2, -0.15) is 5.10 Å². The van der Waals surface area contributed by atoms with Crippen LogP contribution >= 0.6 is 0 Å². The van der Waals surface area contributed by atoms with E-state index in [0.29, 0.717) is 43.2 Å². The lowest BCUT2D eigenvalue weighted by molar-refractivity contribution is -0.144. The van der Waals surface area contributed by atoms with Crippen LogP contribution in [0.5, 0.6) is 0 Å². The second kappa shape index (κ2) is 8.47. The Morgan fingerprint density at radius 2 is 1.79 bits per heavy atom. The van der Waals surface area contributed by atoms with Gasteiger partial charge in [0.05, 0.1) is 42.7 Å². The summed E-state index contributed by atoms with van der Waals surface area (Å²) in [7, 11) is 0. The molecular formula is C24H26FN5O3. The van der Waals surface area contributed by atoms with Gasteiger partial charge in [0, 0.05) is 18.5 Å². The van der Waals surface area contributed by atoms with Gasteiger partial charge in [0.25, 0.3) is 0 Å². The number of aromatic nitrogens is 2. The molecule has 172 valence electrons. The van der Waals surface area contributed by atoms with Gasteiger partial charge in [-0.05, 0) is 38.1 Å². The van der Waals surface area contributed by atoms with Gasteiger partial charge in [0.15, 0.2) is 0 Å². The van der Waals surface area contributed by atoms with E-state index >= 15 is 0 Å². The lowest BCUT2D eigenvalue weighted by Gasteiger charge is -2.39. The number of morpholine rings is 1. The van der Waals surface area contributed by atoms with E-state index in [2.05, 4.69) is 5.10 Å². The zero-order chi connectivity index (χ0) is 23.1. The summed E-state index contributed by atoms with van der Waals surface area (Å²) in [6, 6.07) is 11.7. The van der Waals surface area contributed by atoms with Gasteiger partial charge in [0.1, 0.15) is 18.0 Å². The Morgan fingerprint density at radius 1 is 1.06 bits per heavy atom. The molecular weight excluding hydrogens is 425 g/mol. The number of hydrogen-bond donors (Lipinski definition) is 0. The van der Waals surface area contributed by atoms with Crippen LogP contribution in [0, 0.1) is 5.82 Å². The van der Waals surface area contributed by atoms with Crippen LogP contribution in [0.25, 0.3) is 16.6 Å². The van der Waals surface area contributed by atoms with Crippen molar-refractivity contribution in [3.8, 4) is 5.69 Å². The number of carbonyl (C=O) groups is 2. The predicted octanol–water partition coefficient (Wildman–Crippen LogP) is 3.04. The Kier molecular flexibility index (Phi) is 5.49. The average Bonchev–Trinajstić information content (AvgIpc) is 3.38. The highest BCUT2D eigenvalue weighted by Gasteiger charge is 2.36. The minimum absolute atomic E-state index is 0.0203. The smallest absolute Gasteiger partial charge is 0.325 e. The number of anilines is 1. The SMILES string of the molecule is CC1COCC(C)N1C(=O)CN1CCN(c2cccc3c2cnn3-c2ccccc2F)C1=O. The molecule has 0 saturated carbocycles. The zero-order valence-corrected chi connectivity index (χ0v) is 18.6. The van der Waals surface area contributed by atoms with Crippen molar-refractivity contribution in [1.29, 1.82) is 0 Å². The van der Waals surface area contributed by atoms with Crippen LogP contribution in [0.2, 0.25) is 0 Å². The lowest BCUT2D eigenvalue weighted by atomic mass is 10.1. The highest BCUT2D eigenvalue weighted by molar-refractivity contribution is 6.04. The molecule has 1 aromatic heterocycles. The van der Waals surface area contributed by atoms with Gasteiger partial charge in [-0.1, -0.05) is 18.2 Å². The molecule has 0 N–H and O–H groups in total. The van der Waals surface area contributed by atoms with E-state index in [9.17, 15) is 14.0 Å². The number of carbonyl (C=O) groups excluding carboxylic acids is 2. The molecule has 3 heterocycles. The first kappa shape index (κ1) is 21.4. The summed E-state index contributed by atoms with van der Waals surface area (Å²) < 4.78 is 21.4. The molecule has 0 spiro atoms. The lowest BCUT2D eigenvalue weighted by Crippen LogP contribution is -2.55. The fraction of sp³-hybridized carbons (Fsp3) is 0.375. The van der Waals surface area contributed by atoms with E-state index in [-0.39, 0.29) is 36.4 Å². The van der Waals surface area contributed by atoms with Crippen LogP contribution in [-0.2, 0) is 9.53 Å². The summed E-state index contributed by atoms with van der Waals surface area (Å²) >= 11 is 0. The van der Waals surface area contributed by atoms with Crippen LogP contribution < -0.4 is 4.90 Å². The number of benzene rings is 2. The van der Waals surface area contributed by atoms with E-state index < -0.39 is 0 Å². The van der Waals surface area contributed by atoms with Crippen molar-refractivity contribution < 1.29 is 18.7 Å². The first-order chi connectivity index (χ1) is 16.0. The van der Waals surface area contributed by atoms with Gasteiger partial charge in [-0.15, -0.1) is 0 Å². The minimum atomic E-state index is -0.374. The van der Waals surface area contributed by atoms with Crippen LogP contribution in [0.3, 0.4) is 0 Å². The third-order valence-electron chi connectivity index (χ3n) is 6.34. The number of fused-ring (bicyclic) bond motifs is 1. The van der Waals surface area contributed by atoms with Crippen LogP contribution in [0.15, 0.2) is 48.7 Å². The zero-order valence-electron chi connectivity index (χ0n) is 18.6. The van der Waals surface area contributed by atoms with Gasteiger partial charge in [-0.25, -0.2) is 13.9 Å². The molecule has 33 heavy (non-hydrogen) atoms.